The number of carbonyl (C=O) groups is 3. The number of hydrogen-bond acceptors (Lipinski definition) is 7. The van der Waals surface area contributed by atoms with Crippen molar-refractivity contribution in [1.82, 2.24) is 25.7 Å². The molecule has 0 saturated carbocycles. The van der Waals surface area contributed by atoms with Crippen LogP contribution in [0.15, 0.2) is 85.1 Å². The van der Waals surface area contributed by atoms with Gasteiger partial charge >= 0.3 is 0 Å². The number of halogens is 1. The fraction of sp³-hybridized carbons (Fsp3) is 0.194. The highest BCUT2D eigenvalue weighted by Gasteiger charge is 2.39. The van der Waals surface area contributed by atoms with Crippen molar-refractivity contribution in [3.05, 3.63) is 108 Å². The lowest BCUT2D eigenvalue weighted by Gasteiger charge is -2.21. The highest BCUT2D eigenvalue weighted by Crippen LogP contribution is 2.27. The first kappa shape index (κ1) is 26.9. The van der Waals surface area contributed by atoms with Gasteiger partial charge in [-0.15, -0.1) is 5.10 Å². The van der Waals surface area contributed by atoms with Crippen LogP contribution in [0.2, 0.25) is 0 Å². The van der Waals surface area contributed by atoms with E-state index in [2.05, 4.69) is 20.8 Å². The molecule has 11 heteroatoms. The minimum absolute atomic E-state index is 0.122. The second kappa shape index (κ2) is 11.7. The van der Waals surface area contributed by atoms with Gasteiger partial charge in [0.1, 0.15) is 23.4 Å². The van der Waals surface area contributed by atoms with Crippen LogP contribution in [-0.2, 0) is 11.3 Å². The molecule has 1 fully saturated rings. The number of ether oxygens (including phenoxy) is 2. The first-order valence-corrected chi connectivity index (χ1v) is 13.4. The Morgan fingerprint density at radius 3 is 2.57 bits per heavy atom. The monoisotopic (exact) mass is 567 g/mol. The summed E-state index contributed by atoms with van der Waals surface area (Å²) >= 11 is 0. The molecule has 2 atom stereocenters. The first-order chi connectivity index (χ1) is 20.4. The number of likely N-dealkylation sites (tertiary alicyclic amines) is 1. The molecular formula is C31H26FN5O5. The Morgan fingerprint density at radius 1 is 0.929 bits per heavy atom. The predicted molar refractivity (Wildman–Crippen MR) is 149 cm³/mol. The molecule has 10 nitrogen and oxygen atoms in total. The number of fused-ring (bicyclic) bond motifs is 7. The van der Waals surface area contributed by atoms with E-state index in [1.807, 2.05) is 12.1 Å². The Labute approximate surface area is 240 Å². The van der Waals surface area contributed by atoms with E-state index in [0.29, 0.717) is 29.2 Å². The summed E-state index contributed by atoms with van der Waals surface area (Å²) in [6.07, 6.45) is 0.840. The maximum atomic E-state index is 15.0. The Morgan fingerprint density at radius 2 is 1.76 bits per heavy atom. The normalized spacial score (nSPS) is 18.6. The standard InChI is InChI=1S/C31H26FN5O5/c32-25-11-8-21-14-24(25)30(39)35-27-16-37(31(40)26-5-2-12-34-36-26)17-28(27)42-22-9-6-19(7-10-22)15-33-29(38)18-41-23-4-1-3-20(21)13-23/h1-14,27-28H,15-18H2,(H,33,38)(H,35,39)/t27-,28-/m0/s1. The van der Waals surface area contributed by atoms with Crippen LogP contribution >= 0.6 is 0 Å². The molecule has 7 rings (SSSR count). The zero-order chi connectivity index (χ0) is 29.1. The Hall–Kier alpha value is -5.32. The van der Waals surface area contributed by atoms with E-state index in [9.17, 15) is 18.8 Å². The zero-order valence-corrected chi connectivity index (χ0v) is 22.3. The molecule has 1 saturated heterocycles. The molecule has 3 aliphatic rings. The fourth-order valence-electron chi connectivity index (χ4n) is 4.93. The maximum absolute atomic E-state index is 15.0. The van der Waals surface area contributed by atoms with Gasteiger partial charge in [0.15, 0.2) is 12.3 Å². The number of carbonyl (C=O) groups excluding carboxylic acids is 3. The van der Waals surface area contributed by atoms with Crippen molar-refractivity contribution in [3.63, 3.8) is 0 Å². The van der Waals surface area contributed by atoms with Crippen LogP contribution in [0.5, 0.6) is 11.5 Å². The first-order valence-electron chi connectivity index (χ1n) is 13.4. The lowest BCUT2D eigenvalue weighted by molar-refractivity contribution is -0.123. The number of hydrogen-bond donors (Lipinski definition) is 2. The van der Waals surface area contributed by atoms with Crippen molar-refractivity contribution in [1.29, 1.82) is 0 Å². The molecule has 0 radical (unpaired) electrons. The summed E-state index contributed by atoms with van der Waals surface area (Å²) < 4.78 is 26.9. The van der Waals surface area contributed by atoms with Crippen molar-refractivity contribution in [2.24, 2.45) is 0 Å². The number of benzene rings is 3. The summed E-state index contributed by atoms with van der Waals surface area (Å²) in [5, 5.41) is 13.4. The van der Waals surface area contributed by atoms with Gasteiger partial charge in [0, 0.05) is 19.3 Å². The summed E-state index contributed by atoms with van der Waals surface area (Å²) in [6, 6.07) is 20.9. The molecule has 4 aromatic rings. The SMILES string of the molecule is O=C1COc2cccc(c2)-c2ccc(F)c(c2)C(=O)N[C@H]2CN(C(=O)c3cccnn3)C[C@@H]2Oc2ccc(cc2)CN1. The van der Waals surface area contributed by atoms with Gasteiger partial charge in [-0.2, -0.15) is 5.10 Å². The number of amides is 3. The molecular weight excluding hydrogens is 541 g/mol. The number of nitrogens with one attached hydrogen (secondary N) is 2. The van der Waals surface area contributed by atoms with Gasteiger partial charge in [-0.1, -0.05) is 30.3 Å². The summed E-state index contributed by atoms with van der Waals surface area (Å²) in [4.78, 5) is 40.5. The van der Waals surface area contributed by atoms with Crippen LogP contribution in [0.3, 0.4) is 0 Å². The van der Waals surface area contributed by atoms with Gasteiger partial charge < -0.3 is 25.0 Å². The zero-order valence-electron chi connectivity index (χ0n) is 22.3. The van der Waals surface area contributed by atoms with Crippen LogP contribution in [0.4, 0.5) is 4.39 Å². The van der Waals surface area contributed by atoms with Crippen molar-refractivity contribution in [3.8, 4) is 22.6 Å². The van der Waals surface area contributed by atoms with E-state index in [0.717, 1.165) is 5.56 Å². The van der Waals surface area contributed by atoms with Gasteiger partial charge in [0.25, 0.3) is 17.7 Å². The molecule has 0 spiro atoms. The molecule has 2 N–H and O–H groups in total. The van der Waals surface area contributed by atoms with Crippen molar-refractivity contribution >= 4 is 17.7 Å². The van der Waals surface area contributed by atoms with Crippen LogP contribution in [0.25, 0.3) is 11.1 Å². The predicted octanol–water partition coefficient (Wildman–Crippen LogP) is 2.99. The number of aromatic nitrogens is 2. The lowest BCUT2D eigenvalue weighted by atomic mass is 10.0. The van der Waals surface area contributed by atoms with Gasteiger partial charge in [0.2, 0.25) is 0 Å². The average Bonchev–Trinajstić information content (AvgIpc) is 3.41. The minimum atomic E-state index is -0.694. The molecule has 4 heterocycles. The number of nitrogens with zero attached hydrogens (tertiary/aromatic N) is 3. The molecule has 212 valence electrons. The smallest absolute Gasteiger partial charge is 0.274 e. The summed E-state index contributed by atoms with van der Waals surface area (Å²) in [5.41, 5.74) is 2.12. The van der Waals surface area contributed by atoms with Gasteiger partial charge in [-0.25, -0.2) is 4.39 Å². The van der Waals surface area contributed by atoms with Crippen LogP contribution < -0.4 is 20.1 Å². The molecule has 1 aromatic heterocycles. The molecule has 0 unspecified atom stereocenters. The highest BCUT2D eigenvalue weighted by atomic mass is 19.1. The summed E-state index contributed by atoms with van der Waals surface area (Å²) in [6.45, 7) is 0.391. The molecule has 3 aromatic carbocycles. The Balaban J connectivity index is 1.33. The van der Waals surface area contributed by atoms with E-state index >= 15 is 0 Å². The van der Waals surface area contributed by atoms with Crippen molar-refractivity contribution in [2.75, 3.05) is 19.7 Å². The van der Waals surface area contributed by atoms with Crippen LogP contribution in [0.1, 0.15) is 26.4 Å². The van der Waals surface area contributed by atoms with Gasteiger partial charge in [0.05, 0.1) is 18.2 Å². The van der Waals surface area contributed by atoms with Crippen LogP contribution in [0, 0.1) is 5.82 Å². The number of rotatable bonds is 1. The summed E-state index contributed by atoms with van der Waals surface area (Å²) in [7, 11) is 0. The molecule has 3 aliphatic heterocycles. The highest BCUT2D eigenvalue weighted by molar-refractivity contribution is 5.96. The second-order valence-electron chi connectivity index (χ2n) is 9.99. The third-order valence-electron chi connectivity index (χ3n) is 7.11. The lowest BCUT2D eigenvalue weighted by Crippen LogP contribution is -2.45. The topological polar surface area (TPSA) is 123 Å². The fourth-order valence-corrected chi connectivity index (χ4v) is 4.93. The van der Waals surface area contributed by atoms with Gasteiger partial charge in [-0.05, 0) is 65.2 Å². The quantitative estimate of drug-likeness (QED) is 0.363. The molecule has 0 aliphatic carbocycles. The molecule has 42 heavy (non-hydrogen) atoms. The Kier molecular flexibility index (Phi) is 7.46. The molecule has 6 bridgehead atoms. The average molecular weight is 568 g/mol. The summed E-state index contributed by atoms with van der Waals surface area (Å²) in [5.74, 6) is -1.03. The van der Waals surface area contributed by atoms with Crippen molar-refractivity contribution in [2.45, 2.75) is 18.7 Å². The minimum Gasteiger partial charge on any atom is -0.486 e. The van der Waals surface area contributed by atoms with Gasteiger partial charge in [-0.3, -0.25) is 14.4 Å². The van der Waals surface area contributed by atoms with Crippen LogP contribution in [-0.4, -0.2) is 64.7 Å². The van der Waals surface area contributed by atoms with E-state index in [-0.39, 0.29) is 42.8 Å². The van der Waals surface area contributed by atoms with Crippen molar-refractivity contribution < 1.29 is 28.2 Å². The van der Waals surface area contributed by atoms with E-state index < -0.39 is 23.9 Å². The second-order valence-corrected chi connectivity index (χ2v) is 9.99. The third-order valence-corrected chi connectivity index (χ3v) is 7.11. The maximum Gasteiger partial charge on any atom is 0.274 e. The molecule has 3 amide bonds. The van der Waals surface area contributed by atoms with E-state index in [4.69, 9.17) is 9.47 Å². The van der Waals surface area contributed by atoms with E-state index in [1.54, 1.807) is 54.6 Å². The van der Waals surface area contributed by atoms with E-state index in [1.165, 1.54) is 23.2 Å². The third kappa shape index (κ3) is 5.90. The largest absolute Gasteiger partial charge is 0.486 e. The Bertz CT molecular complexity index is 1630.